The molecule has 0 heterocycles. The third kappa shape index (κ3) is 7.83. The predicted molar refractivity (Wildman–Crippen MR) is 115 cm³/mol. The number of amides is 2. The smallest absolute Gasteiger partial charge is 0.251 e. The fourth-order valence-corrected chi connectivity index (χ4v) is 2.54. The van der Waals surface area contributed by atoms with Gasteiger partial charge in [0.25, 0.3) is 5.91 Å². The minimum Gasteiger partial charge on any atom is -0.489 e. The van der Waals surface area contributed by atoms with Crippen molar-refractivity contribution in [1.29, 1.82) is 0 Å². The molecule has 0 fully saturated rings. The number of ether oxygens (including phenoxy) is 2. The monoisotopic (exact) mass is 399 g/mol. The van der Waals surface area contributed by atoms with Crippen LogP contribution in [0.3, 0.4) is 0 Å². The maximum absolute atomic E-state index is 12.3. The van der Waals surface area contributed by atoms with Crippen molar-refractivity contribution < 1.29 is 19.1 Å². The second-order valence-electron chi connectivity index (χ2n) is 6.28. The number of anilines is 2. The highest BCUT2D eigenvalue weighted by Gasteiger charge is 2.09. The van der Waals surface area contributed by atoms with E-state index in [0.29, 0.717) is 49.1 Å². The van der Waals surface area contributed by atoms with Crippen molar-refractivity contribution in [3.05, 3.63) is 54.1 Å². The van der Waals surface area contributed by atoms with Crippen LogP contribution in [0.15, 0.2) is 48.5 Å². The standard InChI is InChI=1S/C22H29N3O4/c1-3-12-23-22(27)17-8-7-9-18(15-17)24-16-21(26)25-19-10-5-6-11-20(19)29-14-13-28-4-2/h5-11,15,24H,3-4,12-14,16H2,1-2H3,(H,23,27)(H,25,26). The van der Waals surface area contributed by atoms with Gasteiger partial charge in [-0.25, -0.2) is 0 Å². The Labute approximate surface area is 171 Å². The summed E-state index contributed by atoms with van der Waals surface area (Å²) in [4.78, 5) is 24.4. The van der Waals surface area contributed by atoms with E-state index in [-0.39, 0.29) is 18.4 Å². The highest BCUT2D eigenvalue weighted by atomic mass is 16.5. The van der Waals surface area contributed by atoms with Crippen LogP contribution in [0.2, 0.25) is 0 Å². The molecule has 29 heavy (non-hydrogen) atoms. The lowest BCUT2D eigenvalue weighted by atomic mass is 10.2. The number of benzene rings is 2. The van der Waals surface area contributed by atoms with E-state index in [1.54, 1.807) is 30.3 Å². The van der Waals surface area contributed by atoms with Gasteiger partial charge in [-0.1, -0.05) is 25.1 Å². The molecule has 0 bridgehead atoms. The molecule has 0 aromatic heterocycles. The third-order valence-electron chi connectivity index (χ3n) is 3.96. The minimum atomic E-state index is -0.216. The molecule has 7 heteroatoms. The molecular formula is C22H29N3O4. The van der Waals surface area contributed by atoms with Crippen LogP contribution in [0.5, 0.6) is 5.75 Å². The average molecular weight is 399 g/mol. The fraction of sp³-hybridized carbons (Fsp3) is 0.364. The molecule has 0 aliphatic carbocycles. The largest absolute Gasteiger partial charge is 0.489 e. The topological polar surface area (TPSA) is 88.7 Å². The van der Waals surface area contributed by atoms with Gasteiger partial charge in [-0.2, -0.15) is 0 Å². The molecule has 0 saturated carbocycles. The van der Waals surface area contributed by atoms with E-state index in [0.717, 1.165) is 6.42 Å². The average Bonchev–Trinajstić information content (AvgIpc) is 2.75. The molecule has 0 spiro atoms. The Morgan fingerprint density at radius 1 is 1.00 bits per heavy atom. The highest BCUT2D eigenvalue weighted by molar-refractivity contribution is 5.96. The third-order valence-corrected chi connectivity index (χ3v) is 3.96. The molecule has 2 aromatic carbocycles. The van der Waals surface area contributed by atoms with E-state index >= 15 is 0 Å². The van der Waals surface area contributed by atoms with Crippen LogP contribution in [0.1, 0.15) is 30.6 Å². The zero-order valence-corrected chi connectivity index (χ0v) is 17.0. The van der Waals surface area contributed by atoms with Gasteiger partial charge in [0.1, 0.15) is 12.4 Å². The van der Waals surface area contributed by atoms with Gasteiger partial charge in [0.2, 0.25) is 5.91 Å². The summed E-state index contributed by atoms with van der Waals surface area (Å²) in [5.74, 6) is 0.250. The highest BCUT2D eigenvalue weighted by Crippen LogP contribution is 2.23. The molecule has 0 atom stereocenters. The molecule has 3 N–H and O–H groups in total. The number of carbonyl (C=O) groups is 2. The zero-order valence-electron chi connectivity index (χ0n) is 17.0. The SMILES string of the molecule is CCCNC(=O)c1cccc(NCC(=O)Nc2ccccc2OCCOCC)c1. The number of hydrogen-bond donors (Lipinski definition) is 3. The Bertz CT molecular complexity index is 795. The van der Waals surface area contributed by atoms with E-state index in [4.69, 9.17) is 9.47 Å². The molecule has 0 radical (unpaired) electrons. The molecule has 2 amide bonds. The molecular weight excluding hydrogens is 370 g/mol. The maximum atomic E-state index is 12.3. The van der Waals surface area contributed by atoms with Gasteiger partial charge in [-0.05, 0) is 43.7 Å². The molecule has 7 nitrogen and oxygen atoms in total. The summed E-state index contributed by atoms with van der Waals surface area (Å²) in [5.41, 5.74) is 1.85. The van der Waals surface area contributed by atoms with Crippen LogP contribution in [-0.2, 0) is 9.53 Å². The first kappa shape index (κ1) is 22.2. The second kappa shape index (κ2) is 12.4. The number of hydrogen-bond acceptors (Lipinski definition) is 5. The quantitative estimate of drug-likeness (QED) is 0.477. The molecule has 0 unspecified atom stereocenters. The summed E-state index contributed by atoms with van der Waals surface area (Å²) < 4.78 is 10.9. The Morgan fingerprint density at radius 3 is 2.62 bits per heavy atom. The van der Waals surface area contributed by atoms with E-state index in [9.17, 15) is 9.59 Å². The predicted octanol–water partition coefficient (Wildman–Crippen LogP) is 3.29. The first-order chi connectivity index (χ1) is 14.1. The van der Waals surface area contributed by atoms with Crippen molar-refractivity contribution in [2.75, 3.05) is 43.5 Å². The van der Waals surface area contributed by atoms with Crippen molar-refractivity contribution in [2.24, 2.45) is 0 Å². The van der Waals surface area contributed by atoms with Crippen LogP contribution >= 0.6 is 0 Å². The summed E-state index contributed by atoms with van der Waals surface area (Å²) in [6.07, 6.45) is 0.876. The van der Waals surface area contributed by atoms with Crippen molar-refractivity contribution in [2.45, 2.75) is 20.3 Å². The molecule has 0 saturated heterocycles. The maximum Gasteiger partial charge on any atom is 0.251 e. The van der Waals surface area contributed by atoms with Gasteiger partial charge >= 0.3 is 0 Å². The number of carbonyl (C=O) groups excluding carboxylic acids is 2. The molecule has 0 aliphatic heterocycles. The van der Waals surface area contributed by atoms with Crippen LogP contribution < -0.4 is 20.7 Å². The lowest BCUT2D eigenvalue weighted by molar-refractivity contribution is -0.114. The Balaban J connectivity index is 1.88. The molecule has 2 aromatic rings. The van der Waals surface area contributed by atoms with Crippen LogP contribution in [-0.4, -0.2) is 44.7 Å². The summed E-state index contributed by atoms with van der Waals surface area (Å²) in [7, 11) is 0. The number of rotatable bonds is 12. The summed E-state index contributed by atoms with van der Waals surface area (Å²) in [6, 6.07) is 14.3. The van der Waals surface area contributed by atoms with E-state index < -0.39 is 0 Å². The second-order valence-corrected chi connectivity index (χ2v) is 6.28. The van der Waals surface area contributed by atoms with Crippen LogP contribution in [0, 0.1) is 0 Å². The fourth-order valence-electron chi connectivity index (χ4n) is 2.54. The normalized spacial score (nSPS) is 10.3. The van der Waals surface area contributed by atoms with E-state index in [1.165, 1.54) is 0 Å². The van der Waals surface area contributed by atoms with Crippen LogP contribution in [0.4, 0.5) is 11.4 Å². The molecule has 156 valence electrons. The lowest BCUT2D eigenvalue weighted by Crippen LogP contribution is -2.24. The minimum absolute atomic E-state index is 0.0628. The van der Waals surface area contributed by atoms with E-state index in [2.05, 4.69) is 16.0 Å². The Kier molecular flexibility index (Phi) is 9.51. The number of nitrogens with one attached hydrogen (secondary N) is 3. The first-order valence-corrected chi connectivity index (χ1v) is 9.85. The molecule has 2 rings (SSSR count). The number of para-hydroxylation sites is 2. The van der Waals surface area contributed by atoms with Crippen molar-refractivity contribution in [1.82, 2.24) is 5.32 Å². The Hall–Kier alpha value is -3.06. The van der Waals surface area contributed by atoms with Gasteiger partial charge in [0.05, 0.1) is 18.8 Å². The van der Waals surface area contributed by atoms with E-state index in [1.807, 2.05) is 32.0 Å². The first-order valence-electron chi connectivity index (χ1n) is 9.85. The van der Waals surface area contributed by atoms with Gasteiger partial charge in [-0.3, -0.25) is 9.59 Å². The summed E-state index contributed by atoms with van der Waals surface area (Å²) in [6.45, 7) is 6.15. The summed E-state index contributed by atoms with van der Waals surface area (Å²) >= 11 is 0. The van der Waals surface area contributed by atoms with Crippen LogP contribution in [0.25, 0.3) is 0 Å². The van der Waals surface area contributed by atoms with Crippen molar-refractivity contribution >= 4 is 23.2 Å². The van der Waals surface area contributed by atoms with Crippen molar-refractivity contribution in [3.63, 3.8) is 0 Å². The van der Waals surface area contributed by atoms with Gasteiger partial charge < -0.3 is 25.4 Å². The summed E-state index contributed by atoms with van der Waals surface area (Å²) in [5, 5.41) is 8.72. The molecule has 0 aliphatic rings. The van der Waals surface area contributed by atoms with Gasteiger partial charge in [-0.15, -0.1) is 0 Å². The lowest BCUT2D eigenvalue weighted by Gasteiger charge is -2.13. The van der Waals surface area contributed by atoms with Gasteiger partial charge in [0.15, 0.2) is 0 Å². The Morgan fingerprint density at radius 2 is 1.83 bits per heavy atom. The zero-order chi connectivity index (χ0) is 20.9. The van der Waals surface area contributed by atoms with Crippen molar-refractivity contribution in [3.8, 4) is 5.75 Å². The van der Waals surface area contributed by atoms with Gasteiger partial charge in [0, 0.05) is 24.4 Å².